The van der Waals surface area contributed by atoms with Gasteiger partial charge in [-0.05, 0) is 50.5 Å². The molecule has 2 heterocycles. The predicted molar refractivity (Wildman–Crippen MR) is 86.6 cm³/mol. The number of nitrogens with zero attached hydrogens (tertiary/aromatic N) is 1. The molecule has 0 bridgehead atoms. The van der Waals surface area contributed by atoms with Crippen LogP contribution in [-0.4, -0.2) is 37.1 Å². The molecule has 0 aliphatic carbocycles. The average molecular weight is 329 g/mol. The monoisotopic (exact) mass is 329 g/mol. The predicted octanol–water partition coefficient (Wildman–Crippen LogP) is 2.23. The van der Waals surface area contributed by atoms with E-state index < -0.39 is 5.97 Å². The third kappa shape index (κ3) is 3.38. The molecule has 1 aromatic carbocycles. The average Bonchev–Trinajstić information content (AvgIpc) is 2.78. The van der Waals surface area contributed by atoms with Gasteiger partial charge in [0.2, 0.25) is 0 Å². The first-order valence-corrected chi connectivity index (χ1v) is 8.02. The Morgan fingerprint density at radius 1 is 1.29 bits per heavy atom. The summed E-state index contributed by atoms with van der Waals surface area (Å²) in [6, 6.07) is 6.25. The normalized spacial score (nSPS) is 20.0. The number of carbonyl (C=O) groups is 3. The van der Waals surface area contributed by atoms with Crippen molar-refractivity contribution in [3.63, 3.8) is 0 Å². The Labute approximate surface area is 140 Å². The Balaban J connectivity index is 1.53. The van der Waals surface area contributed by atoms with Gasteiger partial charge in [-0.3, -0.25) is 9.59 Å². The minimum atomic E-state index is -0.413. The highest BCUT2D eigenvalue weighted by Crippen LogP contribution is 2.23. The first-order chi connectivity index (χ1) is 11.6. The largest absolute Gasteiger partial charge is 0.462 e. The molecule has 2 aliphatic rings. The third-order valence-corrected chi connectivity index (χ3v) is 4.16. The molecule has 0 aromatic heterocycles. The van der Waals surface area contributed by atoms with Crippen LogP contribution in [-0.2, 0) is 19.1 Å². The second-order valence-corrected chi connectivity index (χ2v) is 5.91. The lowest BCUT2D eigenvalue weighted by atomic mass is 10.1. The smallest absolute Gasteiger partial charge is 0.338 e. The number of imide groups is 1. The van der Waals surface area contributed by atoms with Gasteiger partial charge < -0.3 is 9.47 Å². The molecular weight excluding hydrogens is 310 g/mol. The van der Waals surface area contributed by atoms with Crippen molar-refractivity contribution >= 4 is 23.5 Å². The van der Waals surface area contributed by atoms with Crippen molar-refractivity contribution in [3.8, 4) is 0 Å². The fourth-order valence-corrected chi connectivity index (χ4v) is 2.65. The molecule has 24 heavy (non-hydrogen) atoms. The second-order valence-electron chi connectivity index (χ2n) is 5.91. The van der Waals surface area contributed by atoms with Gasteiger partial charge in [-0.15, -0.1) is 0 Å². The van der Waals surface area contributed by atoms with Gasteiger partial charge in [-0.1, -0.05) is 0 Å². The van der Waals surface area contributed by atoms with Gasteiger partial charge >= 0.3 is 5.97 Å². The second kappa shape index (κ2) is 6.97. The van der Waals surface area contributed by atoms with E-state index in [2.05, 4.69) is 0 Å². The van der Waals surface area contributed by atoms with Gasteiger partial charge in [0, 0.05) is 18.3 Å². The molecule has 0 radical (unpaired) electrons. The summed E-state index contributed by atoms with van der Waals surface area (Å²) in [6.07, 6.45) is 4.37. The Hall–Kier alpha value is -2.47. The van der Waals surface area contributed by atoms with Crippen molar-refractivity contribution in [2.24, 2.45) is 0 Å². The lowest BCUT2D eigenvalue weighted by molar-refractivity contribution is -0.120. The van der Waals surface area contributed by atoms with Crippen molar-refractivity contribution in [2.75, 3.05) is 18.1 Å². The highest BCUT2D eigenvalue weighted by Gasteiger charge is 2.29. The molecule has 1 unspecified atom stereocenters. The topological polar surface area (TPSA) is 72.9 Å². The first-order valence-electron chi connectivity index (χ1n) is 8.02. The number of hydrogen-bond acceptors (Lipinski definition) is 5. The Bertz CT molecular complexity index is 688. The number of benzene rings is 1. The van der Waals surface area contributed by atoms with Crippen LogP contribution in [0.4, 0.5) is 5.69 Å². The van der Waals surface area contributed by atoms with Gasteiger partial charge in [-0.2, -0.15) is 0 Å². The zero-order valence-corrected chi connectivity index (χ0v) is 13.5. The summed E-state index contributed by atoms with van der Waals surface area (Å²) < 4.78 is 10.5. The summed E-state index contributed by atoms with van der Waals surface area (Å²) in [5.74, 6) is -1.12. The summed E-state index contributed by atoms with van der Waals surface area (Å²) in [4.78, 5) is 36.8. The van der Waals surface area contributed by atoms with Gasteiger partial charge in [0.1, 0.15) is 0 Å². The zero-order valence-electron chi connectivity index (χ0n) is 13.5. The molecule has 0 N–H and O–H groups in total. The van der Waals surface area contributed by atoms with E-state index in [1.165, 1.54) is 6.08 Å². The maximum Gasteiger partial charge on any atom is 0.338 e. The molecular formula is C18H19NO5. The van der Waals surface area contributed by atoms with Crippen molar-refractivity contribution in [2.45, 2.75) is 32.3 Å². The van der Waals surface area contributed by atoms with Gasteiger partial charge in [0.15, 0.2) is 0 Å². The van der Waals surface area contributed by atoms with E-state index in [9.17, 15) is 14.4 Å². The third-order valence-electron chi connectivity index (χ3n) is 4.16. The first kappa shape index (κ1) is 16.4. The van der Waals surface area contributed by atoms with Crippen LogP contribution in [0.25, 0.3) is 0 Å². The number of ether oxygens (including phenoxy) is 2. The molecule has 1 saturated heterocycles. The molecule has 2 amide bonds. The SMILES string of the molecule is CC1=CC(=O)N(c2ccc(C(=O)OCCCC3CCO3)cc2)C1=O. The maximum absolute atomic E-state index is 12.0. The molecule has 6 heteroatoms. The molecule has 0 spiro atoms. The Morgan fingerprint density at radius 3 is 2.54 bits per heavy atom. The minimum Gasteiger partial charge on any atom is -0.462 e. The summed E-state index contributed by atoms with van der Waals surface area (Å²) >= 11 is 0. The molecule has 126 valence electrons. The van der Waals surface area contributed by atoms with E-state index in [4.69, 9.17) is 9.47 Å². The lowest BCUT2D eigenvalue weighted by Gasteiger charge is -2.26. The van der Waals surface area contributed by atoms with Crippen LogP contribution >= 0.6 is 0 Å². The Kier molecular flexibility index (Phi) is 4.76. The fourth-order valence-electron chi connectivity index (χ4n) is 2.65. The van der Waals surface area contributed by atoms with E-state index >= 15 is 0 Å². The summed E-state index contributed by atoms with van der Waals surface area (Å²) in [7, 11) is 0. The number of amides is 2. The fraction of sp³-hybridized carbons (Fsp3) is 0.389. The molecule has 0 saturated carbocycles. The number of anilines is 1. The quantitative estimate of drug-likeness (QED) is 0.455. The van der Waals surface area contributed by atoms with E-state index in [0.29, 0.717) is 29.5 Å². The lowest BCUT2D eigenvalue weighted by Crippen LogP contribution is -2.30. The molecule has 6 nitrogen and oxygen atoms in total. The molecule has 1 atom stereocenters. The van der Waals surface area contributed by atoms with E-state index in [-0.39, 0.29) is 11.8 Å². The number of rotatable bonds is 6. The van der Waals surface area contributed by atoms with Crippen molar-refractivity contribution in [1.29, 1.82) is 0 Å². The van der Waals surface area contributed by atoms with Crippen LogP contribution in [0.5, 0.6) is 0 Å². The van der Waals surface area contributed by atoms with Crippen molar-refractivity contribution in [1.82, 2.24) is 0 Å². The van der Waals surface area contributed by atoms with Gasteiger partial charge in [0.25, 0.3) is 11.8 Å². The molecule has 3 rings (SSSR count). The number of esters is 1. The van der Waals surface area contributed by atoms with Crippen LogP contribution in [0.2, 0.25) is 0 Å². The van der Waals surface area contributed by atoms with Crippen molar-refractivity contribution < 1.29 is 23.9 Å². The highest BCUT2D eigenvalue weighted by molar-refractivity contribution is 6.30. The maximum atomic E-state index is 12.0. The standard InChI is InChI=1S/C18H19NO5/c1-12-11-16(20)19(17(12)21)14-6-4-13(5-7-14)18(22)24-9-2-3-15-8-10-23-15/h4-7,11,15H,2-3,8-10H2,1H3. The highest BCUT2D eigenvalue weighted by atomic mass is 16.5. The molecule has 1 fully saturated rings. The van der Waals surface area contributed by atoms with Crippen LogP contribution in [0, 0.1) is 0 Å². The zero-order chi connectivity index (χ0) is 17.1. The van der Waals surface area contributed by atoms with Gasteiger partial charge in [-0.25, -0.2) is 9.69 Å². The van der Waals surface area contributed by atoms with Crippen LogP contribution in [0.1, 0.15) is 36.5 Å². The van der Waals surface area contributed by atoms with Crippen molar-refractivity contribution in [3.05, 3.63) is 41.5 Å². The minimum absolute atomic E-state index is 0.315. The van der Waals surface area contributed by atoms with E-state index in [1.54, 1.807) is 31.2 Å². The Morgan fingerprint density at radius 2 is 2.00 bits per heavy atom. The number of carbonyl (C=O) groups excluding carboxylic acids is 3. The summed E-state index contributed by atoms with van der Waals surface area (Å²) in [5, 5.41) is 0. The van der Waals surface area contributed by atoms with E-state index in [0.717, 1.165) is 30.8 Å². The van der Waals surface area contributed by atoms with E-state index in [1.807, 2.05) is 0 Å². The van der Waals surface area contributed by atoms with Crippen LogP contribution in [0.15, 0.2) is 35.9 Å². The van der Waals surface area contributed by atoms with Crippen LogP contribution in [0.3, 0.4) is 0 Å². The number of hydrogen-bond donors (Lipinski definition) is 0. The molecule has 2 aliphatic heterocycles. The summed E-state index contributed by atoms with van der Waals surface area (Å²) in [5.41, 5.74) is 1.23. The van der Waals surface area contributed by atoms with Gasteiger partial charge in [0.05, 0.1) is 24.0 Å². The summed E-state index contributed by atoms with van der Waals surface area (Å²) in [6.45, 7) is 2.78. The molecule has 1 aromatic rings. The van der Waals surface area contributed by atoms with Crippen LogP contribution < -0.4 is 4.90 Å².